The predicted molar refractivity (Wildman–Crippen MR) is 60.0 cm³/mol. The van der Waals surface area contributed by atoms with Crippen molar-refractivity contribution in [2.24, 2.45) is 0 Å². The average molecular weight is 207 g/mol. The molecule has 0 unspecified atom stereocenters. The molecule has 0 radical (unpaired) electrons. The van der Waals surface area contributed by atoms with Gasteiger partial charge in [0.25, 0.3) is 0 Å². The Balaban J connectivity index is 2.58. The molecule has 0 N–H and O–H groups in total. The molecule has 0 spiro atoms. The van der Waals surface area contributed by atoms with E-state index >= 15 is 0 Å². The van der Waals surface area contributed by atoms with Gasteiger partial charge in [-0.2, -0.15) is 0 Å². The van der Waals surface area contributed by atoms with Crippen LogP contribution in [0.1, 0.15) is 12.0 Å². The van der Waals surface area contributed by atoms with E-state index in [0.29, 0.717) is 6.42 Å². The maximum absolute atomic E-state index is 10.2. The van der Waals surface area contributed by atoms with Gasteiger partial charge >= 0.3 is 0 Å². The summed E-state index contributed by atoms with van der Waals surface area (Å²) in [4.78, 5) is 12.3. The Morgan fingerprint density at radius 3 is 2.80 bits per heavy atom. The molecule has 1 rings (SSSR count). The zero-order valence-electron chi connectivity index (χ0n) is 9.27. The van der Waals surface area contributed by atoms with Gasteiger partial charge in [0.05, 0.1) is 7.11 Å². The van der Waals surface area contributed by atoms with E-state index in [1.165, 1.54) is 0 Å². The summed E-state index contributed by atoms with van der Waals surface area (Å²) < 4.78 is 5.25. The van der Waals surface area contributed by atoms with E-state index in [-0.39, 0.29) is 0 Å². The first-order valence-electron chi connectivity index (χ1n) is 5.02. The summed E-state index contributed by atoms with van der Waals surface area (Å²) >= 11 is 0. The topological polar surface area (TPSA) is 29.5 Å². The van der Waals surface area contributed by atoms with Crippen LogP contribution in [-0.2, 0) is 11.3 Å². The van der Waals surface area contributed by atoms with Gasteiger partial charge in [-0.1, -0.05) is 18.2 Å². The fourth-order valence-corrected chi connectivity index (χ4v) is 1.48. The van der Waals surface area contributed by atoms with E-state index in [1.54, 1.807) is 7.11 Å². The zero-order valence-corrected chi connectivity index (χ0v) is 9.27. The SMILES string of the molecule is COc1ccccc1CN(C)CCC=O. The number of rotatable bonds is 6. The molecular formula is C12H17NO2. The number of aldehydes is 1. The molecule has 0 aliphatic carbocycles. The summed E-state index contributed by atoms with van der Waals surface area (Å²) in [6.07, 6.45) is 1.52. The number of ether oxygens (including phenoxy) is 1. The number of hydrogen-bond donors (Lipinski definition) is 0. The number of methoxy groups -OCH3 is 1. The summed E-state index contributed by atoms with van der Waals surface area (Å²) in [6, 6.07) is 7.93. The molecule has 3 heteroatoms. The third-order valence-corrected chi connectivity index (χ3v) is 2.26. The summed E-state index contributed by atoms with van der Waals surface area (Å²) in [5.41, 5.74) is 1.15. The second kappa shape index (κ2) is 6.19. The van der Waals surface area contributed by atoms with E-state index in [0.717, 1.165) is 30.7 Å². The third kappa shape index (κ3) is 3.72. The van der Waals surface area contributed by atoms with Gasteiger partial charge < -0.3 is 14.4 Å². The molecule has 0 saturated carbocycles. The van der Waals surface area contributed by atoms with Crippen molar-refractivity contribution in [2.45, 2.75) is 13.0 Å². The van der Waals surface area contributed by atoms with Gasteiger partial charge in [0, 0.05) is 25.1 Å². The van der Waals surface area contributed by atoms with Crippen LogP contribution < -0.4 is 4.74 Å². The molecule has 0 bridgehead atoms. The van der Waals surface area contributed by atoms with Gasteiger partial charge in [-0.15, -0.1) is 0 Å². The van der Waals surface area contributed by atoms with Crippen molar-refractivity contribution in [3.05, 3.63) is 29.8 Å². The van der Waals surface area contributed by atoms with Crippen molar-refractivity contribution >= 4 is 6.29 Å². The highest BCUT2D eigenvalue weighted by Crippen LogP contribution is 2.18. The molecule has 15 heavy (non-hydrogen) atoms. The second-order valence-electron chi connectivity index (χ2n) is 3.50. The summed E-state index contributed by atoms with van der Waals surface area (Å²) in [7, 11) is 3.67. The Morgan fingerprint density at radius 1 is 1.40 bits per heavy atom. The van der Waals surface area contributed by atoms with Gasteiger partial charge in [-0.25, -0.2) is 0 Å². The normalized spacial score (nSPS) is 10.3. The lowest BCUT2D eigenvalue weighted by atomic mass is 10.2. The molecule has 0 amide bonds. The van der Waals surface area contributed by atoms with Crippen molar-refractivity contribution < 1.29 is 9.53 Å². The van der Waals surface area contributed by atoms with Crippen molar-refractivity contribution in [1.29, 1.82) is 0 Å². The number of hydrogen-bond acceptors (Lipinski definition) is 3. The molecule has 0 atom stereocenters. The van der Waals surface area contributed by atoms with Gasteiger partial charge in [0.15, 0.2) is 0 Å². The predicted octanol–water partition coefficient (Wildman–Crippen LogP) is 1.72. The van der Waals surface area contributed by atoms with Gasteiger partial charge in [-0.3, -0.25) is 0 Å². The number of benzene rings is 1. The minimum Gasteiger partial charge on any atom is -0.496 e. The van der Waals surface area contributed by atoms with E-state index in [1.807, 2.05) is 31.3 Å². The number of carbonyl (C=O) groups excluding carboxylic acids is 1. The van der Waals surface area contributed by atoms with Crippen molar-refractivity contribution in [1.82, 2.24) is 4.90 Å². The lowest BCUT2D eigenvalue weighted by molar-refractivity contribution is -0.108. The lowest BCUT2D eigenvalue weighted by Gasteiger charge is -2.16. The Hall–Kier alpha value is -1.35. The molecule has 1 aromatic carbocycles. The van der Waals surface area contributed by atoms with Crippen molar-refractivity contribution in [3.8, 4) is 5.75 Å². The molecule has 1 aromatic rings. The van der Waals surface area contributed by atoms with Crippen LogP contribution in [-0.4, -0.2) is 31.9 Å². The smallest absolute Gasteiger partial charge is 0.123 e. The molecular weight excluding hydrogens is 190 g/mol. The third-order valence-electron chi connectivity index (χ3n) is 2.26. The molecule has 0 aromatic heterocycles. The molecule has 0 saturated heterocycles. The van der Waals surface area contributed by atoms with Crippen LogP contribution in [0, 0.1) is 0 Å². The zero-order chi connectivity index (χ0) is 11.1. The number of para-hydroxylation sites is 1. The molecule has 82 valence electrons. The molecule has 0 aliphatic heterocycles. The summed E-state index contributed by atoms with van der Waals surface area (Å²) in [5.74, 6) is 0.899. The van der Waals surface area contributed by atoms with Gasteiger partial charge in [0.1, 0.15) is 12.0 Å². The maximum atomic E-state index is 10.2. The van der Waals surface area contributed by atoms with Crippen LogP contribution in [0.3, 0.4) is 0 Å². The molecule has 3 nitrogen and oxygen atoms in total. The van der Waals surface area contributed by atoms with Crippen LogP contribution in [0.15, 0.2) is 24.3 Å². The number of carbonyl (C=O) groups is 1. The second-order valence-corrected chi connectivity index (χ2v) is 3.50. The van der Waals surface area contributed by atoms with Crippen molar-refractivity contribution in [3.63, 3.8) is 0 Å². The Bertz CT molecular complexity index is 312. The number of nitrogens with zero attached hydrogens (tertiary/aromatic N) is 1. The van der Waals surface area contributed by atoms with E-state index in [9.17, 15) is 4.79 Å². The molecule has 0 heterocycles. The van der Waals surface area contributed by atoms with E-state index in [2.05, 4.69) is 4.90 Å². The summed E-state index contributed by atoms with van der Waals surface area (Å²) in [5, 5.41) is 0. The lowest BCUT2D eigenvalue weighted by Crippen LogP contribution is -2.19. The first-order valence-corrected chi connectivity index (χ1v) is 5.02. The highest BCUT2D eigenvalue weighted by molar-refractivity contribution is 5.49. The maximum Gasteiger partial charge on any atom is 0.123 e. The fourth-order valence-electron chi connectivity index (χ4n) is 1.48. The van der Waals surface area contributed by atoms with E-state index < -0.39 is 0 Å². The van der Waals surface area contributed by atoms with Crippen LogP contribution in [0.25, 0.3) is 0 Å². The Labute approximate surface area is 90.7 Å². The van der Waals surface area contributed by atoms with Crippen LogP contribution in [0.5, 0.6) is 5.75 Å². The highest BCUT2D eigenvalue weighted by atomic mass is 16.5. The van der Waals surface area contributed by atoms with Crippen LogP contribution in [0.4, 0.5) is 0 Å². The quantitative estimate of drug-likeness (QED) is 0.665. The molecule has 0 fully saturated rings. The van der Waals surface area contributed by atoms with E-state index in [4.69, 9.17) is 4.74 Å². The largest absolute Gasteiger partial charge is 0.496 e. The summed E-state index contributed by atoms with van der Waals surface area (Å²) in [6.45, 7) is 1.58. The monoisotopic (exact) mass is 207 g/mol. The minimum absolute atomic E-state index is 0.575. The highest BCUT2D eigenvalue weighted by Gasteiger charge is 2.04. The Kier molecular flexibility index (Phi) is 4.84. The van der Waals surface area contributed by atoms with Gasteiger partial charge in [0.2, 0.25) is 0 Å². The molecule has 0 aliphatic rings. The minimum atomic E-state index is 0.575. The van der Waals surface area contributed by atoms with Crippen LogP contribution in [0.2, 0.25) is 0 Å². The van der Waals surface area contributed by atoms with Crippen LogP contribution >= 0.6 is 0 Å². The fraction of sp³-hybridized carbons (Fsp3) is 0.417. The first kappa shape index (κ1) is 11.7. The van der Waals surface area contributed by atoms with Gasteiger partial charge in [-0.05, 0) is 13.1 Å². The average Bonchev–Trinajstić information content (AvgIpc) is 2.27. The first-order chi connectivity index (χ1) is 7.27. The van der Waals surface area contributed by atoms with Crippen molar-refractivity contribution in [2.75, 3.05) is 20.7 Å². The Morgan fingerprint density at radius 2 is 2.13 bits per heavy atom. The standard InChI is InChI=1S/C12H17NO2/c1-13(8-5-9-14)10-11-6-3-4-7-12(11)15-2/h3-4,6-7,9H,5,8,10H2,1-2H3.